The summed E-state index contributed by atoms with van der Waals surface area (Å²) >= 11 is 5.97. The smallest absolute Gasteiger partial charge is 0.227 e. The van der Waals surface area contributed by atoms with Crippen LogP contribution in [0.25, 0.3) is 5.69 Å². The van der Waals surface area contributed by atoms with E-state index in [2.05, 4.69) is 10.4 Å². The summed E-state index contributed by atoms with van der Waals surface area (Å²) in [5.74, 6) is 0.161. The standard InChI is InChI=1S/C19H25ClN4O/c1-13-18(12-19(25)23(3)16-8-10-21-11-9-16)14(2)24(22-13)17-6-4-15(20)5-7-17/h4-7,16,21H,8-12H2,1-3H3. The molecule has 0 spiro atoms. The molecule has 1 aliphatic heterocycles. The van der Waals surface area contributed by atoms with Crippen molar-refractivity contribution in [2.24, 2.45) is 0 Å². The summed E-state index contributed by atoms with van der Waals surface area (Å²) in [6.07, 6.45) is 2.43. The highest BCUT2D eigenvalue weighted by Gasteiger charge is 2.24. The number of aryl methyl sites for hydroxylation is 1. The normalized spacial score (nSPS) is 15.4. The zero-order valence-corrected chi connectivity index (χ0v) is 15.8. The van der Waals surface area contributed by atoms with Gasteiger partial charge in [-0.3, -0.25) is 4.79 Å². The predicted octanol–water partition coefficient (Wildman–Crippen LogP) is 2.90. The van der Waals surface area contributed by atoms with Gasteiger partial charge < -0.3 is 10.2 Å². The van der Waals surface area contributed by atoms with Crippen molar-refractivity contribution < 1.29 is 4.79 Å². The number of aromatic nitrogens is 2. The fourth-order valence-corrected chi connectivity index (χ4v) is 3.56. The number of carbonyl (C=O) groups excluding carboxylic acids is 1. The quantitative estimate of drug-likeness (QED) is 0.912. The second kappa shape index (κ2) is 7.58. The van der Waals surface area contributed by atoms with Gasteiger partial charge in [-0.05, 0) is 64.0 Å². The fraction of sp³-hybridized carbons (Fsp3) is 0.474. The van der Waals surface area contributed by atoms with Crippen molar-refractivity contribution in [1.82, 2.24) is 20.0 Å². The molecule has 0 saturated carbocycles. The molecule has 1 aromatic heterocycles. The van der Waals surface area contributed by atoms with E-state index < -0.39 is 0 Å². The third-order valence-corrected chi connectivity index (χ3v) is 5.34. The molecule has 134 valence electrons. The average Bonchev–Trinajstić information content (AvgIpc) is 2.90. The summed E-state index contributed by atoms with van der Waals surface area (Å²) < 4.78 is 1.89. The first-order valence-electron chi connectivity index (χ1n) is 8.75. The molecule has 1 saturated heterocycles. The number of nitrogens with zero attached hydrogens (tertiary/aromatic N) is 3. The van der Waals surface area contributed by atoms with Crippen LogP contribution in [0.5, 0.6) is 0 Å². The maximum absolute atomic E-state index is 12.8. The highest BCUT2D eigenvalue weighted by atomic mass is 35.5. The zero-order chi connectivity index (χ0) is 18.0. The lowest BCUT2D eigenvalue weighted by Crippen LogP contribution is -2.44. The molecule has 25 heavy (non-hydrogen) atoms. The van der Waals surface area contributed by atoms with Gasteiger partial charge in [-0.1, -0.05) is 11.6 Å². The largest absolute Gasteiger partial charge is 0.342 e. The molecule has 2 aromatic rings. The Morgan fingerprint density at radius 1 is 1.28 bits per heavy atom. The Kier molecular flexibility index (Phi) is 5.45. The van der Waals surface area contributed by atoms with Gasteiger partial charge >= 0.3 is 0 Å². The first-order chi connectivity index (χ1) is 12.0. The Bertz CT molecular complexity index is 748. The number of benzene rings is 1. The highest BCUT2D eigenvalue weighted by molar-refractivity contribution is 6.30. The van der Waals surface area contributed by atoms with Gasteiger partial charge in [0.2, 0.25) is 5.91 Å². The monoisotopic (exact) mass is 360 g/mol. The van der Waals surface area contributed by atoms with Crippen LogP contribution in [-0.4, -0.2) is 46.8 Å². The number of piperidine rings is 1. The van der Waals surface area contributed by atoms with Crippen LogP contribution in [0.2, 0.25) is 5.02 Å². The van der Waals surface area contributed by atoms with Crippen LogP contribution in [0.4, 0.5) is 0 Å². The lowest BCUT2D eigenvalue weighted by atomic mass is 10.0. The molecule has 1 amide bonds. The van der Waals surface area contributed by atoms with Crippen LogP contribution >= 0.6 is 11.6 Å². The maximum Gasteiger partial charge on any atom is 0.227 e. The Morgan fingerprint density at radius 3 is 2.56 bits per heavy atom. The van der Waals surface area contributed by atoms with Crippen molar-refractivity contribution in [2.75, 3.05) is 20.1 Å². The highest BCUT2D eigenvalue weighted by Crippen LogP contribution is 2.21. The van der Waals surface area contributed by atoms with Crippen LogP contribution in [0.1, 0.15) is 29.8 Å². The predicted molar refractivity (Wildman–Crippen MR) is 100 cm³/mol. The summed E-state index contributed by atoms with van der Waals surface area (Å²) in [6.45, 7) is 5.94. The molecule has 6 heteroatoms. The average molecular weight is 361 g/mol. The molecule has 3 rings (SSSR count). The van der Waals surface area contributed by atoms with Crippen LogP contribution in [0, 0.1) is 13.8 Å². The van der Waals surface area contributed by atoms with Crippen LogP contribution in [0.15, 0.2) is 24.3 Å². The molecule has 0 radical (unpaired) electrons. The number of likely N-dealkylation sites (N-methyl/N-ethyl adjacent to an activating group) is 1. The summed E-state index contributed by atoms with van der Waals surface area (Å²) in [7, 11) is 1.92. The third kappa shape index (κ3) is 3.88. The van der Waals surface area contributed by atoms with Crippen molar-refractivity contribution in [2.45, 2.75) is 39.2 Å². The first-order valence-corrected chi connectivity index (χ1v) is 9.12. The number of nitrogens with one attached hydrogen (secondary N) is 1. The topological polar surface area (TPSA) is 50.2 Å². The van der Waals surface area contributed by atoms with Gasteiger partial charge in [0.25, 0.3) is 0 Å². The molecule has 1 aromatic carbocycles. The van der Waals surface area contributed by atoms with Gasteiger partial charge in [-0.2, -0.15) is 5.10 Å². The van der Waals surface area contributed by atoms with E-state index in [1.165, 1.54) is 0 Å². The van der Waals surface area contributed by atoms with Gasteiger partial charge in [0.05, 0.1) is 17.8 Å². The minimum atomic E-state index is 0.161. The Balaban J connectivity index is 1.78. The van der Waals surface area contributed by atoms with Gasteiger partial charge in [-0.25, -0.2) is 4.68 Å². The second-order valence-corrected chi connectivity index (χ2v) is 7.14. The molecule has 5 nitrogen and oxygen atoms in total. The molecule has 1 N–H and O–H groups in total. The number of hydrogen-bond acceptors (Lipinski definition) is 3. The molecule has 2 heterocycles. The summed E-state index contributed by atoms with van der Waals surface area (Å²) in [4.78, 5) is 14.7. The minimum Gasteiger partial charge on any atom is -0.342 e. The molecule has 0 aliphatic carbocycles. The van der Waals surface area contributed by atoms with Crippen LogP contribution in [0.3, 0.4) is 0 Å². The Morgan fingerprint density at radius 2 is 1.92 bits per heavy atom. The molecule has 1 aliphatic rings. The molecule has 0 unspecified atom stereocenters. The third-order valence-electron chi connectivity index (χ3n) is 5.09. The van der Waals surface area contributed by atoms with Crippen molar-refractivity contribution in [3.05, 3.63) is 46.2 Å². The van der Waals surface area contributed by atoms with E-state index in [1.54, 1.807) is 0 Å². The number of amides is 1. The Hall–Kier alpha value is -1.85. The Labute approximate surface area is 154 Å². The number of halogens is 1. The van der Waals surface area contributed by atoms with Crippen molar-refractivity contribution >= 4 is 17.5 Å². The number of carbonyl (C=O) groups is 1. The van der Waals surface area contributed by atoms with Crippen LogP contribution in [-0.2, 0) is 11.2 Å². The lowest BCUT2D eigenvalue weighted by molar-refractivity contribution is -0.131. The van der Waals surface area contributed by atoms with Crippen molar-refractivity contribution in [1.29, 1.82) is 0 Å². The molecule has 0 bridgehead atoms. The SMILES string of the molecule is Cc1nn(-c2ccc(Cl)cc2)c(C)c1CC(=O)N(C)C1CCNCC1. The maximum atomic E-state index is 12.8. The van der Waals surface area contributed by atoms with E-state index in [4.69, 9.17) is 11.6 Å². The van der Waals surface area contributed by atoms with E-state index in [-0.39, 0.29) is 5.91 Å². The van der Waals surface area contributed by atoms with Crippen molar-refractivity contribution in [3.63, 3.8) is 0 Å². The van der Waals surface area contributed by atoms with Gasteiger partial charge in [0, 0.05) is 29.4 Å². The van der Waals surface area contributed by atoms with E-state index in [9.17, 15) is 4.79 Å². The second-order valence-electron chi connectivity index (χ2n) is 6.70. The van der Waals surface area contributed by atoms with E-state index in [1.807, 2.05) is 54.7 Å². The van der Waals surface area contributed by atoms with Crippen LogP contribution < -0.4 is 5.32 Å². The summed E-state index contributed by atoms with van der Waals surface area (Å²) in [6, 6.07) is 7.91. The van der Waals surface area contributed by atoms with E-state index in [0.29, 0.717) is 17.5 Å². The lowest BCUT2D eigenvalue weighted by Gasteiger charge is -2.31. The van der Waals surface area contributed by atoms with E-state index in [0.717, 1.165) is 48.6 Å². The number of rotatable bonds is 4. The summed E-state index contributed by atoms with van der Waals surface area (Å²) in [5.41, 5.74) is 3.88. The van der Waals surface area contributed by atoms with Crippen molar-refractivity contribution in [3.8, 4) is 5.69 Å². The van der Waals surface area contributed by atoms with Gasteiger partial charge in [-0.15, -0.1) is 0 Å². The zero-order valence-electron chi connectivity index (χ0n) is 15.1. The molecular weight excluding hydrogens is 336 g/mol. The minimum absolute atomic E-state index is 0.161. The molecular formula is C19H25ClN4O. The first kappa shape index (κ1) is 18.0. The molecule has 1 fully saturated rings. The fourth-order valence-electron chi connectivity index (χ4n) is 3.44. The van der Waals surface area contributed by atoms with Gasteiger partial charge in [0.15, 0.2) is 0 Å². The van der Waals surface area contributed by atoms with Gasteiger partial charge in [0.1, 0.15) is 0 Å². The van der Waals surface area contributed by atoms with E-state index >= 15 is 0 Å². The summed E-state index contributed by atoms with van der Waals surface area (Å²) in [5, 5.41) is 8.67. The number of hydrogen-bond donors (Lipinski definition) is 1. The molecule has 0 atom stereocenters.